The number of hydrazone groups is 2. The first-order valence-corrected chi connectivity index (χ1v) is 6.22. The lowest BCUT2D eigenvalue weighted by atomic mass is 10.3. The summed E-state index contributed by atoms with van der Waals surface area (Å²) in [6, 6.07) is 6.95. The molecular formula is C14H12N6O2. The number of carbonyl (C=O) groups is 2. The number of hydrogen-bond donors (Lipinski definition) is 2. The molecule has 0 saturated carbocycles. The van der Waals surface area contributed by atoms with Crippen LogP contribution < -0.4 is 10.9 Å². The lowest BCUT2D eigenvalue weighted by Crippen LogP contribution is -2.35. The predicted octanol–water partition coefficient (Wildman–Crippen LogP) is 0.0770. The van der Waals surface area contributed by atoms with Crippen LogP contribution in [0.5, 0.6) is 0 Å². The van der Waals surface area contributed by atoms with Gasteiger partial charge in [-0.15, -0.1) is 0 Å². The Morgan fingerprint density at radius 1 is 0.864 bits per heavy atom. The highest BCUT2D eigenvalue weighted by Gasteiger charge is 2.10. The third kappa shape index (κ3) is 4.93. The third-order valence-corrected chi connectivity index (χ3v) is 2.33. The molecule has 8 heteroatoms. The van der Waals surface area contributed by atoms with Crippen LogP contribution >= 0.6 is 0 Å². The highest BCUT2D eigenvalue weighted by molar-refractivity contribution is 6.35. The van der Waals surface area contributed by atoms with E-state index in [1.54, 1.807) is 49.1 Å². The molecule has 0 radical (unpaired) electrons. The van der Waals surface area contributed by atoms with Crippen molar-refractivity contribution in [3.8, 4) is 0 Å². The van der Waals surface area contributed by atoms with Gasteiger partial charge in [0.15, 0.2) is 0 Å². The van der Waals surface area contributed by atoms with E-state index in [0.717, 1.165) is 0 Å². The van der Waals surface area contributed by atoms with Crippen molar-refractivity contribution in [3.05, 3.63) is 60.2 Å². The largest absolute Gasteiger partial charge is 0.331 e. The molecule has 0 aliphatic rings. The quantitative estimate of drug-likeness (QED) is 0.473. The van der Waals surface area contributed by atoms with Gasteiger partial charge < -0.3 is 0 Å². The van der Waals surface area contributed by atoms with E-state index in [1.807, 2.05) is 0 Å². The maximum Gasteiger partial charge on any atom is 0.331 e. The molecule has 0 saturated heterocycles. The summed E-state index contributed by atoms with van der Waals surface area (Å²) in [6.45, 7) is 0. The normalized spacial score (nSPS) is 10.7. The van der Waals surface area contributed by atoms with Crippen molar-refractivity contribution in [1.82, 2.24) is 20.8 Å². The molecule has 0 atom stereocenters. The first-order valence-electron chi connectivity index (χ1n) is 6.22. The Bertz CT molecular complexity index is 623. The first-order chi connectivity index (χ1) is 10.8. The van der Waals surface area contributed by atoms with E-state index < -0.39 is 11.8 Å². The highest BCUT2D eigenvalue weighted by Crippen LogP contribution is 1.90. The SMILES string of the molecule is O=C(NN=Cc1cccnc1)C(=O)NN=Cc1cccnc1. The van der Waals surface area contributed by atoms with Crippen molar-refractivity contribution >= 4 is 24.2 Å². The maximum absolute atomic E-state index is 11.4. The van der Waals surface area contributed by atoms with Gasteiger partial charge in [0.2, 0.25) is 0 Å². The number of pyridine rings is 2. The molecule has 110 valence electrons. The monoisotopic (exact) mass is 296 g/mol. The van der Waals surface area contributed by atoms with Gasteiger partial charge in [0.1, 0.15) is 0 Å². The van der Waals surface area contributed by atoms with Gasteiger partial charge in [0.05, 0.1) is 12.4 Å². The minimum absolute atomic E-state index is 0.692. The van der Waals surface area contributed by atoms with Crippen LogP contribution in [0.4, 0.5) is 0 Å². The molecule has 2 heterocycles. The smallest absolute Gasteiger partial charge is 0.264 e. The molecule has 0 aliphatic heterocycles. The van der Waals surface area contributed by atoms with E-state index in [2.05, 4.69) is 31.0 Å². The van der Waals surface area contributed by atoms with Gasteiger partial charge in [0, 0.05) is 35.9 Å². The topological polar surface area (TPSA) is 109 Å². The molecule has 2 amide bonds. The highest BCUT2D eigenvalue weighted by atomic mass is 16.2. The van der Waals surface area contributed by atoms with E-state index in [4.69, 9.17) is 0 Å². The average molecular weight is 296 g/mol. The lowest BCUT2D eigenvalue weighted by Gasteiger charge is -1.98. The van der Waals surface area contributed by atoms with Crippen LogP contribution in [0.15, 0.2) is 59.3 Å². The molecule has 0 spiro atoms. The fraction of sp³-hybridized carbons (Fsp3) is 0. The summed E-state index contributed by atoms with van der Waals surface area (Å²) in [4.78, 5) is 30.6. The van der Waals surface area contributed by atoms with Crippen LogP contribution in [0.1, 0.15) is 11.1 Å². The number of amides is 2. The van der Waals surface area contributed by atoms with Gasteiger partial charge in [-0.25, -0.2) is 10.9 Å². The summed E-state index contributed by atoms with van der Waals surface area (Å²) >= 11 is 0. The molecule has 0 unspecified atom stereocenters. The van der Waals surface area contributed by atoms with Crippen molar-refractivity contribution < 1.29 is 9.59 Å². The second kappa shape index (κ2) is 8.00. The van der Waals surface area contributed by atoms with Gasteiger partial charge in [-0.1, -0.05) is 12.1 Å². The van der Waals surface area contributed by atoms with Crippen LogP contribution in [-0.2, 0) is 9.59 Å². The predicted molar refractivity (Wildman–Crippen MR) is 79.9 cm³/mol. The number of hydrogen-bond acceptors (Lipinski definition) is 6. The van der Waals surface area contributed by atoms with E-state index in [-0.39, 0.29) is 0 Å². The summed E-state index contributed by atoms with van der Waals surface area (Å²) in [6.07, 6.45) is 9.10. The number of aromatic nitrogens is 2. The minimum atomic E-state index is -0.927. The maximum atomic E-state index is 11.4. The summed E-state index contributed by atoms with van der Waals surface area (Å²) in [5.74, 6) is -1.85. The zero-order valence-electron chi connectivity index (χ0n) is 11.4. The summed E-state index contributed by atoms with van der Waals surface area (Å²) in [5.41, 5.74) is 5.55. The summed E-state index contributed by atoms with van der Waals surface area (Å²) in [7, 11) is 0. The number of nitrogens with zero attached hydrogens (tertiary/aromatic N) is 4. The molecule has 2 N–H and O–H groups in total. The van der Waals surface area contributed by atoms with Crippen molar-refractivity contribution in [2.24, 2.45) is 10.2 Å². The molecule has 8 nitrogen and oxygen atoms in total. The van der Waals surface area contributed by atoms with Gasteiger partial charge in [0.25, 0.3) is 0 Å². The Labute approximate surface area is 126 Å². The molecular weight excluding hydrogens is 284 g/mol. The fourth-order valence-corrected chi connectivity index (χ4v) is 1.34. The Morgan fingerprint density at radius 2 is 1.32 bits per heavy atom. The van der Waals surface area contributed by atoms with Gasteiger partial charge in [-0.2, -0.15) is 10.2 Å². The molecule has 2 aromatic heterocycles. The van der Waals surface area contributed by atoms with Gasteiger partial charge in [-0.3, -0.25) is 19.6 Å². The molecule has 2 aromatic rings. The Hall–Kier alpha value is -3.42. The van der Waals surface area contributed by atoms with Gasteiger partial charge >= 0.3 is 11.8 Å². The molecule has 0 bridgehead atoms. The van der Waals surface area contributed by atoms with Crippen molar-refractivity contribution in [3.63, 3.8) is 0 Å². The number of nitrogens with one attached hydrogen (secondary N) is 2. The number of rotatable bonds is 4. The second-order valence-electron chi connectivity index (χ2n) is 3.97. The van der Waals surface area contributed by atoms with Crippen LogP contribution in [0.2, 0.25) is 0 Å². The van der Waals surface area contributed by atoms with Crippen LogP contribution in [0.25, 0.3) is 0 Å². The lowest BCUT2D eigenvalue weighted by molar-refractivity contribution is -0.139. The van der Waals surface area contributed by atoms with E-state index >= 15 is 0 Å². The van der Waals surface area contributed by atoms with Crippen molar-refractivity contribution in [2.45, 2.75) is 0 Å². The molecule has 0 fully saturated rings. The zero-order chi connectivity index (χ0) is 15.6. The van der Waals surface area contributed by atoms with Crippen molar-refractivity contribution in [1.29, 1.82) is 0 Å². The molecule has 0 aromatic carbocycles. The fourth-order valence-electron chi connectivity index (χ4n) is 1.34. The van der Waals surface area contributed by atoms with Crippen LogP contribution in [-0.4, -0.2) is 34.2 Å². The van der Waals surface area contributed by atoms with E-state index in [1.165, 1.54) is 12.4 Å². The first kappa shape index (κ1) is 15.0. The van der Waals surface area contributed by atoms with E-state index in [0.29, 0.717) is 11.1 Å². The van der Waals surface area contributed by atoms with Crippen molar-refractivity contribution in [2.75, 3.05) is 0 Å². The van der Waals surface area contributed by atoms with Crippen LogP contribution in [0.3, 0.4) is 0 Å². The van der Waals surface area contributed by atoms with Crippen LogP contribution in [0, 0.1) is 0 Å². The Morgan fingerprint density at radius 3 is 1.68 bits per heavy atom. The standard InChI is InChI=1S/C14H12N6O2/c21-13(19-17-9-11-3-1-5-15-7-11)14(22)20-18-10-12-4-2-6-16-8-12/h1-10H,(H,19,21)(H,20,22). The average Bonchev–Trinajstić information content (AvgIpc) is 2.56. The zero-order valence-corrected chi connectivity index (χ0v) is 11.4. The molecule has 2 rings (SSSR count). The summed E-state index contributed by atoms with van der Waals surface area (Å²) < 4.78 is 0. The Balaban J connectivity index is 1.79. The summed E-state index contributed by atoms with van der Waals surface area (Å²) in [5, 5.41) is 7.28. The van der Waals surface area contributed by atoms with E-state index in [9.17, 15) is 9.59 Å². The number of carbonyl (C=O) groups excluding carboxylic acids is 2. The van der Waals surface area contributed by atoms with Gasteiger partial charge in [-0.05, 0) is 12.1 Å². The Kier molecular flexibility index (Phi) is 5.45. The molecule has 22 heavy (non-hydrogen) atoms. The minimum Gasteiger partial charge on any atom is -0.264 e. The second-order valence-corrected chi connectivity index (χ2v) is 3.97. The molecule has 0 aliphatic carbocycles. The third-order valence-electron chi connectivity index (χ3n) is 2.33.